The number of alkyl halides is 2. The van der Waals surface area contributed by atoms with Crippen LogP contribution in [0.3, 0.4) is 0 Å². The molecule has 0 radical (unpaired) electrons. The average molecular weight is 280 g/mol. The van der Waals surface area contributed by atoms with E-state index in [0.717, 1.165) is 11.1 Å². The summed E-state index contributed by atoms with van der Waals surface area (Å²) in [5, 5.41) is 0. The molecule has 0 atom stereocenters. The second-order valence-electron chi connectivity index (χ2n) is 3.19. The molecular weight excluding hydrogens is 269 g/mol. The molecule has 0 aromatic carbocycles. The molecule has 0 aliphatic carbocycles. The van der Waals surface area contributed by atoms with Crippen molar-refractivity contribution in [3.8, 4) is 0 Å². The molecule has 0 bridgehead atoms. The molecule has 17 heavy (non-hydrogen) atoms. The molecular formula is C9H11Cl2N3O3. The summed E-state index contributed by atoms with van der Waals surface area (Å²) in [5.41, 5.74) is 0. The molecule has 1 aliphatic heterocycles. The molecule has 0 spiro atoms. The van der Waals surface area contributed by atoms with E-state index in [2.05, 4.69) is 4.99 Å². The van der Waals surface area contributed by atoms with E-state index in [4.69, 9.17) is 23.2 Å². The van der Waals surface area contributed by atoms with E-state index >= 15 is 0 Å². The highest BCUT2D eigenvalue weighted by molar-refractivity contribution is 6.39. The van der Waals surface area contributed by atoms with Gasteiger partial charge in [-0.2, -0.15) is 0 Å². The Morgan fingerprint density at radius 2 is 2.06 bits per heavy atom. The fraction of sp³-hybridized carbons (Fsp3) is 0.556. The summed E-state index contributed by atoms with van der Waals surface area (Å²) in [7, 11) is 0. The summed E-state index contributed by atoms with van der Waals surface area (Å²) in [6.07, 6.45) is 1.11. The highest BCUT2D eigenvalue weighted by Gasteiger charge is 2.35. The first kappa shape index (κ1) is 13.9. The summed E-state index contributed by atoms with van der Waals surface area (Å²) in [4.78, 5) is 40.0. The SMILES string of the molecule is O=C(N=CCCl)C(=O)N1CCN(CCCl)C1=O. The van der Waals surface area contributed by atoms with Crippen molar-refractivity contribution in [3.05, 3.63) is 0 Å². The number of carbonyl (C=O) groups is 3. The molecule has 1 rings (SSSR count). The van der Waals surface area contributed by atoms with Gasteiger partial charge in [0, 0.05) is 31.7 Å². The van der Waals surface area contributed by atoms with Crippen molar-refractivity contribution in [3.63, 3.8) is 0 Å². The average Bonchev–Trinajstić information content (AvgIpc) is 2.68. The molecule has 1 heterocycles. The Balaban J connectivity index is 2.63. The van der Waals surface area contributed by atoms with Crippen LogP contribution in [0, 0.1) is 0 Å². The van der Waals surface area contributed by atoms with Crippen LogP contribution < -0.4 is 0 Å². The topological polar surface area (TPSA) is 70.1 Å². The van der Waals surface area contributed by atoms with Gasteiger partial charge in [0.1, 0.15) is 0 Å². The van der Waals surface area contributed by atoms with Crippen LogP contribution in [0.5, 0.6) is 0 Å². The zero-order valence-electron chi connectivity index (χ0n) is 8.94. The van der Waals surface area contributed by atoms with Crippen molar-refractivity contribution in [1.82, 2.24) is 9.80 Å². The van der Waals surface area contributed by atoms with Gasteiger partial charge in [-0.1, -0.05) is 0 Å². The highest BCUT2D eigenvalue weighted by Crippen LogP contribution is 2.09. The van der Waals surface area contributed by atoms with Crippen molar-refractivity contribution in [2.45, 2.75) is 0 Å². The molecule has 0 aromatic rings. The Kier molecular flexibility index (Phi) is 5.37. The molecule has 0 saturated carbocycles. The highest BCUT2D eigenvalue weighted by atomic mass is 35.5. The maximum Gasteiger partial charge on any atom is 0.335 e. The Bertz CT molecular complexity index is 359. The zero-order chi connectivity index (χ0) is 12.8. The predicted octanol–water partition coefficient (Wildman–Crippen LogP) is 0.326. The van der Waals surface area contributed by atoms with Crippen LogP contribution in [-0.4, -0.2) is 65.3 Å². The minimum atomic E-state index is -0.994. The van der Waals surface area contributed by atoms with Crippen molar-refractivity contribution in [2.75, 3.05) is 31.4 Å². The van der Waals surface area contributed by atoms with Crippen LogP contribution >= 0.6 is 23.2 Å². The molecule has 0 N–H and O–H groups in total. The van der Waals surface area contributed by atoms with E-state index in [0.29, 0.717) is 13.1 Å². The molecule has 8 heteroatoms. The fourth-order valence-electron chi connectivity index (χ4n) is 1.37. The molecule has 1 aliphatic rings. The summed E-state index contributed by atoms with van der Waals surface area (Å²) in [6, 6.07) is -0.509. The van der Waals surface area contributed by atoms with Crippen LogP contribution in [0.2, 0.25) is 0 Å². The Hall–Kier alpha value is -1.14. The minimum absolute atomic E-state index is 0.0331. The second kappa shape index (κ2) is 6.56. The number of halogens is 2. The molecule has 1 saturated heterocycles. The van der Waals surface area contributed by atoms with Gasteiger partial charge >= 0.3 is 17.8 Å². The van der Waals surface area contributed by atoms with E-state index in [-0.39, 0.29) is 18.3 Å². The van der Waals surface area contributed by atoms with Gasteiger partial charge in [-0.25, -0.2) is 9.79 Å². The molecule has 4 amide bonds. The lowest BCUT2D eigenvalue weighted by Gasteiger charge is -2.14. The number of urea groups is 1. The fourth-order valence-corrected chi connectivity index (χ4v) is 1.64. The van der Waals surface area contributed by atoms with Gasteiger partial charge in [0.05, 0.1) is 5.88 Å². The lowest BCUT2D eigenvalue weighted by Crippen LogP contribution is -2.40. The molecule has 94 valence electrons. The van der Waals surface area contributed by atoms with Crippen molar-refractivity contribution in [1.29, 1.82) is 0 Å². The van der Waals surface area contributed by atoms with E-state index in [1.807, 2.05) is 0 Å². The summed E-state index contributed by atoms with van der Waals surface area (Å²) >= 11 is 10.8. The van der Waals surface area contributed by atoms with Gasteiger partial charge in [0.2, 0.25) is 0 Å². The Morgan fingerprint density at radius 1 is 1.35 bits per heavy atom. The Labute approximate surface area is 108 Å². The smallest absolute Gasteiger partial charge is 0.321 e. The molecule has 0 unspecified atom stereocenters. The number of aliphatic imine (C=N–C) groups is 1. The number of nitrogens with zero attached hydrogens (tertiary/aromatic N) is 3. The van der Waals surface area contributed by atoms with Gasteiger partial charge in [-0.15, -0.1) is 23.2 Å². The van der Waals surface area contributed by atoms with Crippen molar-refractivity contribution in [2.24, 2.45) is 4.99 Å². The summed E-state index contributed by atoms with van der Waals surface area (Å²) < 4.78 is 0. The molecule has 1 fully saturated rings. The number of hydrogen-bond acceptors (Lipinski definition) is 3. The Morgan fingerprint density at radius 3 is 2.65 bits per heavy atom. The largest absolute Gasteiger partial charge is 0.335 e. The molecule has 6 nitrogen and oxygen atoms in total. The minimum Gasteiger partial charge on any atom is -0.321 e. The van der Waals surface area contributed by atoms with Crippen LogP contribution in [-0.2, 0) is 9.59 Å². The third kappa shape index (κ3) is 3.41. The third-order valence-corrected chi connectivity index (χ3v) is 2.46. The van der Waals surface area contributed by atoms with Gasteiger partial charge in [0.15, 0.2) is 0 Å². The quantitative estimate of drug-likeness (QED) is 0.425. The van der Waals surface area contributed by atoms with Crippen LogP contribution in [0.25, 0.3) is 0 Å². The van der Waals surface area contributed by atoms with E-state index < -0.39 is 17.8 Å². The second-order valence-corrected chi connectivity index (χ2v) is 3.87. The first-order chi connectivity index (χ1) is 8.11. The summed E-state index contributed by atoms with van der Waals surface area (Å²) in [6.45, 7) is 0.907. The maximum atomic E-state index is 11.7. The van der Waals surface area contributed by atoms with Crippen molar-refractivity contribution < 1.29 is 14.4 Å². The van der Waals surface area contributed by atoms with Crippen molar-refractivity contribution >= 4 is 47.3 Å². The third-order valence-electron chi connectivity index (χ3n) is 2.16. The van der Waals surface area contributed by atoms with Gasteiger partial charge < -0.3 is 4.90 Å². The van der Waals surface area contributed by atoms with Crippen LogP contribution in [0.4, 0.5) is 4.79 Å². The van der Waals surface area contributed by atoms with E-state index in [1.54, 1.807) is 0 Å². The lowest BCUT2D eigenvalue weighted by molar-refractivity contribution is -0.141. The predicted molar refractivity (Wildman–Crippen MR) is 63.6 cm³/mol. The van der Waals surface area contributed by atoms with E-state index in [9.17, 15) is 14.4 Å². The standard InChI is InChI=1S/C9H11Cl2N3O3/c10-1-3-12-7(15)8(16)14-6-5-13(4-2-11)9(14)17/h3H,1-2,4-6H2. The number of carbonyl (C=O) groups excluding carboxylic acids is 3. The lowest BCUT2D eigenvalue weighted by atomic mass is 10.5. The number of rotatable bonds is 3. The normalized spacial score (nSPS) is 16.0. The van der Waals surface area contributed by atoms with Gasteiger partial charge in [0.25, 0.3) is 0 Å². The first-order valence-corrected chi connectivity index (χ1v) is 5.98. The van der Waals surface area contributed by atoms with Crippen LogP contribution in [0.1, 0.15) is 0 Å². The first-order valence-electron chi connectivity index (χ1n) is 4.91. The van der Waals surface area contributed by atoms with Crippen LogP contribution in [0.15, 0.2) is 4.99 Å². The number of imide groups is 1. The van der Waals surface area contributed by atoms with Gasteiger partial charge in [-0.05, 0) is 0 Å². The monoisotopic (exact) mass is 279 g/mol. The van der Waals surface area contributed by atoms with Gasteiger partial charge in [-0.3, -0.25) is 14.5 Å². The summed E-state index contributed by atoms with van der Waals surface area (Å²) in [5.74, 6) is -1.61. The molecule has 0 aromatic heterocycles. The number of amides is 4. The number of hydrogen-bond donors (Lipinski definition) is 0. The zero-order valence-corrected chi connectivity index (χ0v) is 10.4. The maximum absolute atomic E-state index is 11.7. The van der Waals surface area contributed by atoms with E-state index in [1.165, 1.54) is 4.90 Å².